The van der Waals surface area contributed by atoms with Crippen LogP contribution in [0.4, 0.5) is 0 Å². The molecule has 1 amide bonds. The largest absolute Gasteiger partial charge is 0.335 e. The average Bonchev–Trinajstić information content (AvgIpc) is 3.19. The Balaban J connectivity index is 1.70. The summed E-state index contributed by atoms with van der Waals surface area (Å²) >= 11 is 0. The topological polar surface area (TPSA) is 24.2 Å². The van der Waals surface area contributed by atoms with Crippen molar-refractivity contribution in [3.63, 3.8) is 0 Å². The molecule has 4 rings (SSSR count). The minimum Gasteiger partial charge on any atom is -0.335 e. The van der Waals surface area contributed by atoms with E-state index in [0.717, 1.165) is 45.1 Å². The summed E-state index contributed by atoms with van der Waals surface area (Å²) in [5.74, 6) is 0.359. The molecule has 2 aromatic rings. The van der Waals surface area contributed by atoms with Crippen molar-refractivity contribution in [2.75, 3.05) is 6.54 Å². The molecule has 2 fully saturated rings. The zero-order valence-corrected chi connectivity index (χ0v) is 15.7. The molecule has 3 heteroatoms. The normalized spacial score (nSPS) is 22.3. The first-order chi connectivity index (χ1) is 12.7. The fraction of sp³-hybridized carbons (Fsp3) is 0.478. The number of carbonyl (C=O) groups is 1. The van der Waals surface area contributed by atoms with Crippen molar-refractivity contribution < 1.29 is 9.36 Å². The van der Waals surface area contributed by atoms with Gasteiger partial charge in [0.15, 0.2) is 12.4 Å². The number of hydrogen-bond donors (Lipinski definition) is 0. The highest BCUT2D eigenvalue weighted by Gasteiger charge is 2.46. The molecule has 1 atom stereocenters. The fourth-order valence-corrected chi connectivity index (χ4v) is 4.97. The summed E-state index contributed by atoms with van der Waals surface area (Å²) in [6.45, 7) is 0.886. The zero-order chi connectivity index (χ0) is 18.0. The predicted molar refractivity (Wildman–Crippen MR) is 103 cm³/mol. The molecular weight excluding hydrogens is 320 g/mol. The lowest BCUT2D eigenvalue weighted by molar-refractivity contribution is -0.672. The van der Waals surface area contributed by atoms with E-state index in [1.165, 1.54) is 17.5 Å². The quantitative estimate of drug-likeness (QED) is 0.766. The van der Waals surface area contributed by atoms with Crippen molar-refractivity contribution in [2.24, 2.45) is 7.05 Å². The minimum absolute atomic E-state index is 0.213. The highest BCUT2D eigenvalue weighted by molar-refractivity contribution is 5.89. The molecule has 0 N–H and O–H groups in total. The lowest BCUT2D eigenvalue weighted by atomic mass is 9.76. The summed E-state index contributed by atoms with van der Waals surface area (Å²) in [5, 5.41) is 0. The molecule has 3 nitrogen and oxygen atoms in total. The van der Waals surface area contributed by atoms with E-state index in [-0.39, 0.29) is 11.5 Å². The number of piperidine rings is 1. The van der Waals surface area contributed by atoms with Crippen LogP contribution in [0.25, 0.3) is 0 Å². The van der Waals surface area contributed by atoms with Crippen LogP contribution in [0.1, 0.15) is 62.1 Å². The molecule has 26 heavy (non-hydrogen) atoms. The molecule has 1 aliphatic heterocycles. The molecule has 1 aromatic carbocycles. The van der Waals surface area contributed by atoms with Crippen molar-refractivity contribution in [1.82, 2.24) is 4.90 Å². The van der Waals surface area contributed by atoms with Crippen molar-refractivity contribution in [3.05, 3.63) is 66.0 Å². The van der Waals surface area contributed by atoms with Gasteiger partial charge in [0.05, 0.1) is 11.5 Å². The van der Waals surface area contributed by atoms with E-state index in [4.69, 9.17) is 0 Å². The van der Waals surface area contributed by atoms with Gasteiger partial charge in [-0.2, -0.15) is 0 Å². The van der Waals surface area contributed by atoms with Gasteiger partial charge in [-0.3, -0.25) is 4.79 Å². The number of pyridine rings is 1. The maximum atomic E-state index is 13.9. The molecule has 0 bridgehead atoms. The number of likely N-dealkylation sites (tertiary alicyclic amines) is 1. The number of aryl methyl sites for hydroxylation is 1. The smallest absolute Gasteiger partial charge is 0.233 e. The first-order valence-corrected chi connectivity index (χ1v) is 10.0. The van der Waals surface area contributed by atoms with Gasteiger partial charge >= 0.3 is 0 Å². The van der Waals surface area contributed by atoms with Crippen LogP contribution in [-0.4, -0.2) is 17.4 Å². The molecule has 1 saturated heterocycles. The molecule has 1 aromatic heterocycles. The van der Waals surface area contributed by atoms with Crippen LogP contribution in [0.2, 0.25) is 0 Å². The third-order valence-electron chi connectivity index (χ3n) is 6.30. The Labute approximate surface area is 156 Å². The van der Waals surface area contributed by atoms with Crippen molar-refractivity contribution in [2.45, 2.75) is 56.4 Å². The summed E-state index contributed by atoms with van der Waals surface area (Å²) in [5.41, 5.74) is 2.17. The van der Waals surface area contributed by atoms with E-state index >= 15 is 0 Å². The Bertz CT molecular complexity index is 765. The van der Waals surface area contributed by atoms with Gasteiger partial charge in [0.25, 0.3) is 0 Å². The fourth-order valence-electron chi connectivity index (χ4n) is 4.97. The van der Waals surface area contributed by atoms with Gasteiger partial charge in [-0.1, -0.05) is 43.2 Å². The number of amides is 1. The number of hydrogen-bond acceptors (Lipinski definition) is 1. The van der Waals surface area contributed by atoms with Gasteiger partial charge in [-0.25, -0.2) is 4.57 Å². The second kappa shape index (κ2) is 7.22. The Morgan fingerprint density at radius 3 is 2.54 bits per heavy atom. The van der Waals surface area contributed by atoms with E-state index in [0.29, 0.717) is 5.91 Å². The van der Waals surface area contributed by atoms with Crippen LogP contribution in [0.15, 0.2) is 54.9 Å². The average molecular weight is 349 g/mol. The van der Waals surface area contributed by atoms with Crippen LogP contribution < -0.4 is 4.57 Å². The maximum absolute atomic E-state index is 13.9. The first-order valence-electron chi connectivity index (χ1n) is 10.0. The van der Waals surface area contributed by atoms with Crippen LogP contribution in [-0.2, 0) is 17.3 Å². The molecular formula is C23H29N2O+. The third-order valence-corrected chi connectivity index (χ3v) is 6.30. The van der Waals surface area contributed by atoms with Crippen LogP contribution in [0.3, 0.4) is 0 Å². The summed E-state index contributed by atoms with van der Waals surface area (Å²) in [6, 6.07) is 15.0. The van der Waals surface area contributed by atoms with Crippen LogP contribution >= 0.6 is 0 Å². The third kappa shape index (κ3) is 3.04. The SMILES string of the molecule is C[n+]1cccc(C2CCCCN2C(=O)C2(c3ccccc3)CCCC2)c1. The van der Waals surface area contributed by atoms with Gasteiger partial charge in [0.1, 0.15) is 7.05 Å². The second-order valence-corrected chi connectivity index (χ2v) is 7.97. The minimum atomic E-state index is -0.312. The van der Waals surface area contributed by atoms with Gasteiger partial charge in [-0.05, 0) is 43.7 Å². The van der Waals surface area contributed by atoms with Crippen molar-refractivity contribution >= 4 is 5.91 Å². The van der Waals surface area contributed by atoms with E-state index in [2.05, 4.69) is 65.3 Å². The Morgan fingerprint density at radius 1 is 1.04 bits per heavy atom. The monoisotopic (exact) mass is 349 g/mol. The lowest BCUT2D eigenvalue weighted by Gasteiger charge is -2.41. The number of carbonyl (C=O) groups excluding carboxylic acids is 1. The second-order valence-electron chi connectivity index (χ2n) is 7.97. The summed E-state index contributed by atoms with van der Waals surface area (Å²) in [4.78, 5) is 16.1. The molecule has 1 unspecified atom stereocenters. The van der Waals surface area contributed by atoms with Crippen molar-refractivity contribution in [3.8, 4) is 0 Å². The zero-order valence-electron chi connectivity index (χ0n) is 15.7. The van der Waals surface area contributed by atoms with E-state index in [9.17, 15) is 4.79 Å². The van der Waals surface area contributed by atoms with E-state index in [1.807, 2.05) is 6.07 Å². The van der Waals surface area contributed by atoms with E-state index < -0.39 is 0 Å². The van der Waals surface area contributed by atoms with Crippen LogP contribution in [0, 0.1) is 0 Å². The lowest BCUT2D eigenvalue weighted by Crippen LogP contribution is -2.49. The first kappa shape index (κ1) is 17.3. The number of rotatable bonds is 3. The van der Waals surface area contributed by atoms with Crippen LogP contribution in [0.5, 0.6) is 0 Å². The molecule has 2 aliphatic rings. The molecule has 1 saturated carbocycles. The van der Waals surface area contributed by atoms with Crippen molar-refractivity contribution in [1.29, 1.82) is 0 Å². The molecule has 0 spiro atoms. The Kier molecular flexibility index (Phi) is 4.80. The van der Waals surface area contributed by atoms with Gasteiger partial charge in [-0.15, -0.1) is 0 Å². The maximum Gasteiger partial charge on any atom is 0.233 e. The Hall–Kier alpha value is -2.16. The van der Waals surface area contributed by atoms with Gasteiger partial charge < -0.3 is 4.90 Å². The molecule has 2 heterocycles. The predicted octanol–water partition coefficient (Wildman–Crippen LogP) is 4.08. The molecule has 1 aliphatic carbocycles. The van der Waals surface area contributed by atoms with E-state index in [1.54, 1.807) is 0 Å². The molecule has 0 radical (unpaired) electrons. The van der Waals surface area contributed by atoms with Gasteiger partial charge in [0, 0.05) is 18.2 Å². The highest BCUT2D eigenvalue weighted by Crippen LogP contribution is 2.45. The highest BCUT2D eigenvalue weighted by atomic mass is 16.2. The number of benzene rings is 1. The summed E-state index contributed by atoms with van der Waals surface area (Å²) < 4.78 is 2.09. The summed E-state index contributed by atoms with van der Waals surface area (Å²) in [7, 11) is 2.06. The summed E-state index contributed by atoms with van der Waals surface area (Å²) in [6.07, 6.45) is 11.9. The van der Waals surface area contributed by atoms with Gasteiger partial charge in [0.2, 0.25) is 5.91 Å². The number of aromatic nitrogens is 1. The standard InChI is InChI=1S/C23H29N2O/c1-24-16-9-10-19(18-24)21-13-5-8-17-25(21)22(26)23(14-6-7-15-23)20-11-3-2-4-12-20/h2-4,9-12,16,18,21H,5-8,13-15,17H2,1H3/q+1. The molecule has 136 valence electrons. The Morgan fingerprint density at radius 2 is 1.81 bits per heavy atom. The number of nitrogens with zero attached hydrogens (tertiary/aromatic N) is 2.